The van der Waals surface area contributed by atoms with Gasteiger partial charge in [-0.3, -0.25) is 0 Å². The zero-order valence-electron chi connectivity index (χ0n) is 12.7. The summed E-state index contributed by atoms with van der Waals surface area (Å²) < 4.78 is 0. The SMILES string of the molecule is Cc1cc(-c2ccc(-c3ccccc3)cc2)c(O)c(C)c1O. The summed E-state index contributed by atoms with van der Waals surface area (Å²) in [6, 6.07) is 20.1. The zero-order valence-corrected chi connectivity index (χ0v) is 12.7. The van der Waals surface area contributed by atoms with Crippen LogP contribution in [-0.2, 0) is 0 Å². The monoisotopic (exact) mass is 290 g/mol. The van der Waals surface area contributed by atoms with Crippen LogP contribution in [0.1, 0.15) is 11.1 Å². The molecular formula is C20H18O2. The molecule has 0 radical (unpaired) electrons. The number of phenols is 2. The maximum Gasteiger partial charge on any atom is 0.130 e. The average Bonchev–Trinajstić information content (AvgIpc) is 2.57. The summed E-state index contributed by atoms with van der Waals surface area (Å²) >= 11 is 0. The second-order valence-corrected chi connectivity index (χ2v) is 5.51. The van der Waals surface area contributed by atoms with E-state index in [1.54, 1.807) is 6.92 Å². The van der Waals surface area contributed by atoms with Crippen molar-refractivity contribution in [3.63, 3.8) is 0 Å². The smallest absolute Gasteiger partial charge is 0.130 e. The quantitative estimate of drug-likeness (QED) is 0.693. The Bertz CT molecular complexity index is 803. The van der Waals surface area contributed by atoms with Crippen LogP contribution in [0.4, 0.5) is 0 Å². The molecule has 0 fully saturated rings. The van der Waals surface area contributed by atoms with Crippen molar-refractivity contribution in [2.45, 2.75) is 13.8 Å². The number of aryl methyl sites for hydroxylation is 1. The minimum atomic E-state index is 0.135. The van der Waals surface area contributed by atoms with Crippen molar-refractivity contribution >= 4 is 0 Å². The number of rotatable bonds is 2. The molecule has 0 atom stereocenters. The Hall–Kier alpha value is -2.74. The summed E-state index contributed by atoms with van der Waals surface area (Å²) in [6.45, 7) is 3.56. The third-order valence-electron chi connectivity index (χ3n) is 4.00. The fourth-order valence-corrected chi connectivity index (χ4v) is 2.66. The van der Waals surface area contributed by atoms with Crippen molar-refractivity contribution < 1.29 is 10.2 Å². The van der Waals surface area contributed by atoms with Crippen LogP contribution < -0.4 is 0 Å². The maximum atomic E-state index is 10.3. The van der Waals surface area contributed by atoms with Crippen LogP contribution in [0.3, 0.4) is 0 Å². The van der Waals surface area contributed by atoms with Gasteiger partial charge < -0.3 is 10.2 Å². The van der Waals surface area contributed by atoms with Gasteiger partial charge in [-0.05, 0) is 42.2 Å². The van der Waals surface area contributed by atoms with E-state index in [9.17, 15) is 10.2 Å². The molecule has 0 amide bonds. The highest BCUT2D eigenvalue weighted by Gasteiger charge is 2.13. The molecule has 0 aliphatic rings. The Morgan fingerprint density at radius 2 is 1.18 bits per heavy atom. The zero-order chi connectivity index (χ0) is 15.7. The van der Waals surface area contributed by atoms with E-state index in [0.717, 1.165) is 27.8 Å². The average molecular weight is 290 g/mol. The number of hydrogen-bond acceptors (Lipinski definition) is 2. The molecule has 0 spiro atoms. The van der Waals surface area contributed by atoms with Gasteiger partial charge in [0.15, 0.2) is 0 Å². The fourth-order valence-electron chi connectivity index (χ4n) is 2.66. The van der Waals surface area contributed by atoms with Gasteiger partial charge in [-0.1, -0.05) is 54.6 Å². The van der Waals surface area contributed by atoms with Gasteiger partial charge in [-0.25, -0.2) is 0 Å². The van der Waals surface area contributed by atoms with Gasteiger partial charge in [-0.15, -0.1) is 0 Å². The van der Waals surface area contributed by atoms with Gasteiger partial charge in [0.1, 0.15) is 11.5 Å². The Balaban J connectivity index is 2.04. The largest absolute Gasteiger partial charge is 0.507 e. The number of benzene rings is 3. The maximum absolute atomic E-state index is 10.3. The minimum absolute atomic E-state index is 0.135. The molecule has 22 heavy (non-hydrogen) atoms. The predicted octanol–water partition coefficient (Wildman–Crippen LogP) is 5.05. The van der Waals surface area contributed by atoms with E-state index in [0.29, 0.717) is 5.56 Å². The molecule has 0 unspecified atom stereocenters. The lowest BCUT2D eigenvalue weighted by molar-refractivity contribution is 0.442. The van der Waals surface area contributed by atoms with Crippen LogP contribution in [0.25, 0.3) is 22.3 Å². The molecule has 0 bridgehead atoms. The second kappa shape index (κ2) is 5.57. The molecule has 0 saturated heterocycles. The van der Waals surface area contributed by atoms with E-state index >= 15 is 0 Å². The van der Waals surface area contributed by atoms with E-state index in [-0.39, 0.29) is 11.5 Å². The van der Waals surface area contributed by atoms with Crippen LogP contribution in [0.15, 0.2) is 60.7 Å². The summed E-state index contributed by atoms with van der Waals surface area (Å²) in [5.41, 5.74) is 5.25. The first-order valence-electron chi connectivity index (χ1n) is 7.26. The van der Waals surface area contributed by atoms with Gasteiger partial charge in [0.2, 0.25) is 0 Å². The highest BCUT2D eigenvalue weighted by Crippen LogP contribution is 2.39. The Labute approximate surface area is 130 Å². The van der Waals surface area contributed by atoms with Crippen molar-refractivity contribution in [1.82, 2.24) is 0 Å². The summed E-state index contributed by atoms with van der Waals surface area (Å²) in [6.07, 6.45) is 0. The normalized spacial score (nSPS) is 10.6. The molecule has 3 aromatic rings. The molecule has 2 nitrogen and oxygen atoms in total. The van der Waals surface area contributed by atoms with Crippen LogP contribution in [0, 0.1) is 13.8 Å². The Morgan fingerprint density at radius 3 is 1.82 bits per heavy atom. The fraction of sp³-hybridized carbons (Fsp3) is 0.100. The third-order valence-corrected chi connectivity index (χ3v) is 4.00. The van der Waals surface area contributed by atoms with Gasteiger partial charge in [-0.2, -0.15) is 0 Å². The lowest BCUT2D eigenvalue weighted by Gasteiger charge is -2.12. The molecule has 0 aliphatic carbocycles. The third kappa shape index (κ3) is 2.44. The summed E-state index contributed by atoms with van der Waals surface area (Å²) in [5, 5.41) is 20.2. The highest BCUT2D eigenvalue weighted by atomic mass is 16.3. The topological polar surface area (TPSA) is 40.5 Å². The molecule has 0 heterocycles. The standard InChI is InChI=1S/C20H18O2/c1-13-12-18(20(22)14(2)19(13)21)17-10-8-16(9-11-17)15-6-4-3-5-7-15/h3-12,21-22H,1-2H3. The molecular weight excluding hydrogens is 272 g/mol. The van der Waals surface area contributed by atoms with Gasteiger partial charge in [0.25, 0.3) is 0 Å². The van der Waals surface area contributed by atoms with Crippen LogP contribution in [0.5, 0.6) is 11.5 Å². The second-order valence-electron chi connectivity index (χ2n) is 5.51. The van der Waals surface area contributed by atoms with Crippen LogP contribution >= 0.6 is 0 Å². The summed E-state index contributed by atoms with van der Waals surface area (Å²) in [5.74, 6) is 0.290. The molecule has 110 valence electrons. The minimum Gasteiger partial charge on any atom is -0.507 e. The van der Waals surface area contributed by atoms with E-state index in [4.69, 9.17) is 0 Å². The first kappa shape index (κ1) is 14.2. The van der Waals surface area contributed by atoms with E-state index in [1.807, 2.05) is 55.5 Å². The lowest BCUT2D eigenvalue weighted by Crippen LogP contribution is -1.87. The van der Waals surface area contributed by atoms with Crippen molar-refractivity contribution in [2.24, 2.45) is 0 Å². The highest BCUT2D eigenvalue weighted by molar-refractivity contribution is 5.77. The molecule has 0 saturated carbocycles. The Kier molecular flexibility index (Phi) is 3.60. The summed E-state index contributed by atoms with van der Waals surface area (Å²) in [7, 11) is 0. The van der Waals surface area contributed by atoms with Crippen LogP contribution in [-0.4, -0.2) is 10.2 Å². The number of aromatic hydroxyl groups is 2. The first-order valence-corrected chi connectivity index (χ1v) is 7.26. The Morgan fingerprint density at radius 1 is 0.636 bits per heavy atom. The van der Waals surface area contributed by atoms with Crippen molar-refractivity contribution in [2.75, 3.05) is 0 Å². The van der Waals surface area contributed by atoms with E-state index < -0.39 is 0 Å². The van der Waals surface area contributed by atoms with E-state index in [2.05, 4.69) is 12.1 Å². The van der Waals surface area contributed by atoms with Gasteiger partial charge in [0.05, 0.1) is 0 Å². The molecule has 3 aromatic carbocycles. The number of phenolic OH excluding ortho intramolecular Hbond substituents is 2. The molecule has 3 rings (SSSR count). The lowest BCUT2D eigenvalue weighted by atomic mass is 9.96. The summed E-state index contributed by atoms with van der Waals surface area (Å²) in [4.78, 5) is 0. The van der Waals surface area contributed by atoms with Gasteiger partial charge in [0, 0.05) is 11.1 Å². The van der Waals surface area contributed by atoms with Crippen molar-refractivity contribution in [3.05, 3.63) is 71.8 Å². The van der Waals surface area contributed by atoms with Crippen molar-refractivity contribution in [1.29, 1.82) is 0 Å². The number of hydrogen-bond donors (Lipinski definition) is 2. The predicted molar refractivity (Wildman–Crippen MR) is 90.1 cm³/mol. The molecule has 2 N–H and O–H groups in total. The van der Waals surface area contributed by atoms with Crippen LogP contribution in [0.2, 0.25) is 0 Å². The first-order chi connectivity index (χ1) is 10.6. The van der Waals surface area contributed by atoms with E-state index in [1.165, 1.54) is 0 Å². The van der Waals surface area contributed by atoms with Gasteiger partial charge >= 0.3 is 0 Å². The molecule has 0 aliphatic heterocycles. The molecule has 0 aromatic heterocycles. The molecule has 2 heteroatoms. The van der Waals surface area contributed by atoms with Crippen molar-refractivity contribution in [3.8, 4) is 33.8 Å².